The van der Waals surface area contributed by atoms with E-state index in [1.165, 1.54) is 40.4 Å². The predicted octanol–water partition coefficient (Wildman–Crippen LogP) is 6.44. The molecule has 9 nitrogen and oxygen atoms in total. The second kappa shape index (κ2) is 12.5. The molecule has 0 radical (unpaired) electrons. The fraction of sp³-hybridized carbons (Fsp3) is 0.269. The lowest BCUT2D eigenvalue weighted by Crippen LogP contribution is -2.15. The molecule has 0 fully saturated rings. The van der Waals surface area contributed by atoms with Crippen molar-refractivity contribution in [1.82, 2.24) is 0 Å². The van der Waals surface area contributed by atoms with E-state index in [2.05, 4.69) is 10.6 Å². The Bertz CT molecular complexity index is 1430. The lowest BCUT2D eigenvalue weighted by molar-refractivity contribution is -0.137. The Morgan fingerprint density at radius 3 is 2.10 bits per heavy atom. The number of methoxy groups -OCH3 is 3. The molecule has 0 saturated carbocycles. The maximum atomic E-state index is 13.2. The number of thiophene rings is 1. The first kappa shape index (κ1) is 30.6. The van der Waals surface area contributed by atoms with Crippen LogP contribution in [0.1, 0.15) is 48.4 Å². The molecule has 0 atom stereocenters. The molecule has 2 aromatic carbocycles. The number of ether oxygens (including phenoxy) is 4. The van der Waals surface area contributed by atoms with Crippen molar-refractivity contribution in [3.05, 3.63) is 62.5 Å². The van der Waals surface area contributed by atoms with Gasteiger partial charge in [-0.25, -0.2) is 4.79 Å². The molecule has 2 N–H and O–H groups in total. The highest BCUT2D eigenvalue weighted by atomic mass is 35.5. The van der Waals surface area contributed by atoms with Crippen molar-refractivity contribution in [2.24, 2.45) is 0 Å². The summed E-state index contributed by atoms with van der Waals surface area (Å²) in [6, 6.07) is 5.27. The van der Waals surface area contributed by atoms with Crippen LogP contribution in [0.25, 0.3) is 0 Å². The summed E-state index contributed by atoms with van der Waals surface area (Å²) in [6.45, 7) is 3.04. The van der Waals surface area contributed by atoms with E-state index in [9.17, 15) is 27.6 Å². The molecule has 0 saturated heterocycles. The first-order chi connectivity index (χ1) is 18.9. The topological polar surface area (TPSA) is 112 Å². The Hall–Kier alpha value is -3.97. The van der Waals surface area contributed by atoms with Crippen molar-refractivity contribution in [3.8, 4) is 17.2 Å². The Morgan fingerprint density at radius 2 is 1.57 bits per heavy atom. The number of amides is 2. The second-order valence-corrected chi connectivity index (χ2v) is 9.42. The Morgan fingerprint density at radius 1 is 0.950 bits per heavy atom. The number of nitrogens with one attached hydrogen (secondary N) is 2. The van der Waals surface area contributed by atoms with Gasteiger partial charge < -0.3 is 29.6 Å². The van der Waals surface area contributed by atoms with E-state index >= 15 is 0 Å². The third-order valence-electron chi connectivity index (χ3n) is 5.53. The fourth-order valence-electron chi connectivity index (χ4n) is 3.63. The van der Waals surface area contributed by atoms with Crippen molar-refractivity contribution in [3.63, 3.8) is 0 Å². The molecule has 3 rings (SSSR count). The number of halogens is 4. The van der Waals surface area contributed by atoms with Crippen molar-refractivity contribution in [2.45, 2.75) is 20.0 Å². The van der Waals surface area contributed by atoms with Crippen molar-refractivity contribution >= 4 is 51.4 Å². The van der Waals surface area contributed by atoms with E-state index in [0.717, 1.165) is 23.5 Å². The third kappa shape index (κ3) is 6.42. The molecule has 3 aromatic rings. The van der Waals surface area contributed by atoms with Gasteiger partial charge >= 0.3 is 12.1 Å². The smallest absolute Gasteiger partial charge is 0.416 e. The van der Waals surface area contributed by atoms with Gasteiger partial charge in [0.2, 0.25) is 5.75 Å². The molecule has 0 unspecified atom stereocenters. The van der Waals surface area contributed by atoms with E-state index in [1.54, 1.807) is 6.92 Å². The first-order valence-electron chi connectivity index (χ1n) is 11.5. The summed E-state index contributed by atoms with van der Waals surface area (Å²) in [4.78, 5) is 39.1. The molecule has 0 spiro atoms. The highest BCUT2D eigenvalue weighted by Crippen LogP contribution is 2.40. The molecular formula is C26H24ClF3N2O7S. The molecule has 0 aliphatic heterocycles. The van der Waals surface area contributed by atoms with Gasteiger partial charge in [-0.2, -0.15) is 13.2 Å². The van der Waals surface area contributed by atoms with Gasteiger partial charge in [-0.3, -0.25) is 9.59 Å². The summed E-state index contributed by atoms with van der Waals surface area (Å²) in [5.74, 6) is -1.67. The summed E-state index contributed by atoms with van der Waals surface area (Å²) in [6.07, 6.45) is -4.66. The maximum absolute atomic E-state index is 13.2. The minimum absolute atomic E-state index is 0.00968. The second-order valence-electron chi connectivity index (χ2n) is 8.00. The van der Waals surface area contributed by atoms with Gasteiger partial charge in [0.15, 0.2) is 11.5 Å². The van der Waals surface area contributed by atoms with Gasteiger partial charge in [-0.15, -0.1) is 11.3 Å². The third-order valence-corrected chi connectivity index (χ3v) is 7.06. The predicted molar refractivity (Wildman–Crippen MR) is 143 cm³/mol. The van der Waals surface area contributed by atoms with E-state index in [4.69, 9.17) is 30.5 Å². The zero-order valence-corrected chi connectivity index (χ0v) is 23.4. The molecule has 0 aliphatic carbocycles. The highest BCUT2D eigenvalue weighted by molar-refractivity contribution is 7.19. The largest absolute Gasteiger partial charge is 0.493 e. The lowest BCUT2D eigenvalue weighted by Gasteiger charge is -2.14. The molecule has 14 heteroatoms. The molecule has 1 aromatic heterocycles. The van der Waals surface area contributed by atoms with Crippen LogP contribution in [0, 0.1) is 6.92 Å². The molecule has 40 heavy (non-hydrogen) atoms. The van der Waals surface area contributed by atoms with Gasteiger partial charge in [0.1, 0.15) is 5.00 Å². The number of anilines is 2. The van der Waals surface area contributed by atoms with E-state index in [0.29, 0.717) is 6.07 Å². The van der Waals surface area contributed by atoms with Crippen molar-refractivity contribution in [2.75, 3.05) is 38.6 Å². The fourth-order valence-corrected chi connectivity index (χ4v) is 4.88. The minimum atomic E-state index is -4.66. The monoisotopic (exact) mass is 600 g/mol. The lowest BCUT2D eigenvalue weighted by atomic mass is 10.1. The Labute approximate surface area is 236 Å². The van der Waals surface area contributed by atoms with Crippen LogP contribution in [-0.4, -0.2) is 45.7 Å². The molecular weight excluding hydrogens is 577 g/mol. The zero-order valence-electron chi connectivity index (χ0n) is 21.9. The van der Waals surface area contributed by atoms with E-state index in [1.807, 2.05) is 0 Å². The van der Waals surface area contributed by atoms with Crippen LogP contribution in [0.5, 0.6) is 17.2 Å². The summed E-state index contributed by atoms with van der Waals surface area (Å²) < 4.78 is 60.4. The number of alkyl halides is 3. The number of carbonyl (C=O) groups excluding carboxylic acids is 3. The average molecular weight is 601 g/mol. The van der Waals surface area contributed by atoms with Crippen LogP contribution < -0.4 is 24.8 Å². The number of carbonyl (C=O) groups is 3. The highest BCUT2D eigenvalue weighted by Gasteiger charge is 2.32. The average Bonchev–Trinajstić information content (AvgIpc) is 3.23. The standard InChI is InChI=1S/C26H24ClF3N2O7S/c1-6-39-25(35)19-12(2)21(23(34)31-16-11-14(26(28,29)30)7-8-15(16)27)40-24(19)32-22(33)13-9-17(36-3)20(38-5)18(10-13)37-4/h7-11H,6H2,1-5H3,(H,31,34)(H,32,33). The molecule has 1 heterocycles. The minimum Gasteiger partial charge on any atom is -0.493 e. The molecule has 0 aliphatic rings. The van der Waals surface area contributed by atoms with Gasteiger partial charge in [0.25, 0.3) is 11.8 Å². The number of benzene rings is 2. The van der Waals surface area contributed by atoms with Crippen LogP contribution in [0.3, 0.4) is 0 Å². The summed E-state index contributed by atoms with van der Waals surface area (Å²) in [5.41, 5.74) is -1.16. The van der Waals surface area contributed by atoms with Gasteiger partial charge in [-0.05, 0) is 49.7 Å². The van der Waals surface area contributed by atoms with Gasteiger partial charge in [-0.1, -0.05) is 11.6 Å². The Balaban J connectivity index is 2.02. The molecule has 0 bridgehead atoms. The van der Waals surface area contributed by atoms with Crippen molar-refractivity contribution < 1.29 is 46.5 Å². The van der Waals surface area contributed by atoms with Gasteiger partial charge in [0, 0.05) is 5.56 Å². The molecule has 2 amide bonds. The summed E-state index contributed by atoms with van der Waals surface area (Å²) >= 11 is 6.75. The number of esters is 1. The zero-order chi connectivity index (χ0) is 29.8. The van der Waals surface area contributed by atoms with Crippen LogP contribution in [-0.2, 0) is 10.9 Å². The van der Waals surface area contributed by atoms with Crippen LogP contribution in [0.4, 0.5) is 23.9 Å². The summed E-state index contributed by atoms with van der Waals surface area (Å²) in [5, 5.41) is 4.80. The normalized spacial score (nSPS) is 11.0. The van der Waals surface area contributed by atoms with Crippen LogP contribution >= 0.6 is 22.9 Å². The maximum Gasteiger partial charge on any atom is 0.416 e. The van der Waals surface area contributed by atoms with Crippen LogP contribution in [0.2, 0.25) is 5.02 Å². The quantitative estimate of drug-likeness (QED) is 0.272. The summed E-state index contributed by atoms with van der Waals surface area (Å²) in [7, 11) is 4.16. The van der Waals surface area contributed by atoms with E-state index < -0.39 is 29.5 Å². The first-order valence-corrected chi connectivity index (χ1v) is 12.7. The van der Waals surface area contributed by atoms with Gasteiger partial charge in [0.05, 0.1) is 54.7 Å². The van der Waals surface area contributed by atoms with E-state index in [-0.39, 0.29) is 61.1 Å². The number of hydrogen-bond acceptors (Lipinski definition) is 8. The Kier molecular flexibility index (Phi) is 9.53. The number of rotatable bonds is 9. The number of hydrogen-bond donors (Lipinski definition) is 2. The SMILES string of the molecule is CCOC(=O)c1c(NC(=O)c2cc(OC)c(OC)c(OC)c2)sc(C(=O)Nc2cc(C(F)(F)F)ccc2Cl)c1C. The molecule has 214 valence electrons. The van der Waals surface area contributed by atoms with Crippen molar-refractivity contribution in [1.29, 1.82) is 0 Å². The van der Waals surface area contributed by atoms with Crippen LogP contribution in [0.15, 0.2) is 30.3 Å².